The monoisotopic (exact) mass is 345 g/mol. The number of allylic oxidation sites excluding steroid dienone is 3. The van der Waals surface area contributed by atoms with Crippen LogP contribution < -0.4 is 0 Å². The maximum Gasteiger partial charge on any atom is 0.309 e. The lowest BCUT2D eigenvalue weighted by Crippen LogP contribution is -2.12. The number of ether oxygens (including phenoxy) is 2. The second-order valence-corrected chi connectivity index (χ2v) is 5.66. The first kappa shape index (κ1) is 18.4. The summed E-state index contributed by atoms with van der Waals surface area (Å²) in [6, 6.07) is 4.69. The zero-order valence-electron chi connectivity index (χ0n) is 14.0. The molecule has 1 unspecified atom stereocenters. The summed E-state index contributed by atoms with van der Waals surface area (Å²) in [5.74, 6) is -0.972. The number of hydrogen-bond donors (Lipinski definition) is 1. The van der Waals surface area contributed by atoms with E-state index in [4.69, 9.17) is 0 Å². The Balaban J connectivity index is 2.36. The highest BCUT2D eigenvalue weighted by molar-refractivity contribution is 5.79. The Bertz CT molecular complexity index is 750. The molecule has 0 spiro atoms. The van der Waals surface area contributed by atoms with Crippen LogP contribution in [0.25, 0.3) is 5.57 Å². The highest BCUT2D eigenvalue weighted by Crippen LogP contribution is 2.38. The lowest BCUT2D eigenvalue weighted by atomic mass is 9.85. The van der Waals surface area contributed by atoms with E-state index in [-0.39, 0.29) is 36.2 Å². The summed E-state index contributed by atoms with van der Waals surface area (Å²) in [7, 11) is 2.61. The molecule has 0 aliphatic heterocycles. The van der Waals surface area contributed by atoms with Gasteiger partial charge in [0.2, 0.25) is 0 Å². The van der Waals surface area contributed by atoms with Crippen LogP contribution in [0, 0.1) is 10.8 Å². The molecular formula is C18H19NO6. The number of hydrogen-bond acceptors (Lipinski definition) is 7. The maximum absolute atomic E-state index is 11.5. The summed E-state index contributed by atoms with van der Waals surface area (Å²) in [6.07, 6.45) is 3.81. The largest absolute Gasteiger partial charge is 0.507 e. The Kier molecular flexibility index (Phi) is 6.05. The molecule has 1 aromatic carbocycles. The van der Waals surface area contributed by atoms with Gasteiger partial charge in [-0.15, -0.1) is 4.91 Å². The van der Waals surface area contributed by atoms with Crippen LogP contribution >= 0.6 is 0 Å². The molecule has 0 saturated carbocycles. The molecule has 7 nitrogen and oxygen atoms in total. The molecule has 25 heavy (non-hydrogen) atoms. The molecule has 1 aliphatic carbocycles. The number of benzene rings is 1. The second kappa shape index (κ2) is 8.23. The Morgan fingerprint density at radius 3 is 2.60 bits per heavy atom. The van der Waals surface area contributed by atoms with E-state index in [2.05, 4.69) is 14.7 Å². The summed E-state index contributed by atoms with van der Waals surface area (Å²) in [4.78, 5) is 34.1. The third-order valence-electron chi connectivity index (χ3n) is 4.02. The predicted molar refractivity (Wildman–Crippen MR) is 90.4 cm³/mol. The second-order valence-electron chi connectivity index (χ2n) is 5.66. The fraction of sp³-hybridized carbons (Fsp3) is 0.333. The number of methoxy groups -OCH3 is 2. The molecule has 1 aliphatic rings. The van der Waals surface area contributed by atoms with Crippen LogP contribution in [0.1, 0.15) is 24.0 Å². The standard InChI is InChI=1S/C18H19NO6/c1-24-17(21)9-11-3-5-15(19-23)13(7-11)14-8-12(4-6-16(14)20)10-18(22)25-2/h3-6,8,11,20H,7,9-10H2,1-2H3. The number of rotatable bonds is 6. The number of nitroso groups, excluding NO2 is 1. The number of phenols is 1. The summed E-state index contributed by atoms with van der Waals surface area (Å²) >= 11 is 0. The van der Waals surface area contributed by atoms with E-state index in [9.17, 15) is 19.6 Å². The van der Waals surface area contributed by atoms with Crippen LogP contribution in [-0.2, 0) is 25.5 Å². The Labute approximate surface area is 144 Å². The van der Waals surface area contributed by atoms with Crippen LogP contribution in [0.5, 0.6) is 5.75 Å². The van der Waals surface area contributed by atoms with Crippen molar-refractivity contribution in [1.29, 1.82) is 0 Å². The van der Waals surface area contributed by atoms with E-state index < -0.39 is 5.97 Å². The third-order valence-corrected chi connectivity index (χ3v) is 4.02. The third kappa shape index (κ3) is 4.53. The lowest BCUT2D eigenvalue weighted by molar-refractivity contribution is -0.141. The van der Waals surface area contributed by atoms with Gasteiger partial charge in [-0.1, -0.05) is 12.1 Å². The van der Waals surface area contributed by atoms with E-state index in [1.807, 2.05) is 0 Å². The molecule has 132 valence electrons. The van der Waals surface area contributed by atoms with Crippen LogP contribution in [0.4, 0.5) is 0 Å². The van der Waals surface area contributed by atoms with Gasteiger partial charge in [-0.2, -0.15) is 0 Å². The zero-order valence-corrected chi connectivity index (χ0v) is 14.0. The highest BCUT2D eigenvalue weighted by atomic mass is 16.5. The minimum absolute atomic E-state index is 0.0307. The average Bonchev–Trinajstić information content (AvgIpc) is 2.63. The van der Waals surface area contributed by atoms with E-state index in [0.29, 0.717) is 23.1 Å². The van der Waals surface area contributed by atoms with Crippen LogP contribution in [0.2, 0.25) is 0 Å². The molecule has 1 aromatic rings. The number of aromatic hydroxyl groups is 1. The molecule has 0 radical (unpaired) electrons. The average molecular weight is 345 g/mol. The molecule has 0 saturated heterocycles. The first-order chi connectivity index (χ1) is 12.0. The Hall–Kier alpha value is -2.96. The van der Waals surface area contributed by atoms with E-state index >= 15 is 0 Å². The van der Waals surface area contributed by atoms with Gasteiger partial charge in [0.05, 0.1) is 27.1 Å². The van der Waals surface area contributed by atoms with Crippen molar-refractivity contribution in [3.63, 3.8) is 0 Å². The molecule has 1 N–H and O–H groups in total. The predicted octanol–water partition coefficient (Wildman–Crippen LogP) is 2.72. The highest BCUT2D eigenvalue weighted by Gasteiger charge is 2.23. The number of carbonyl (C=O) groups is 2. The molecule has 7 heteroatoms. The Morgan fingerprint density at radius 2 is 1.96 bits per heavy atom. The van der Waals surface area contributed by atoms with Crippen molar-refractivity contribution < 1.29 is 24.2 Å². The molecule has 0 aromatic heterocycles. The topological polar surface area (TPSA) is 102 Å². The zero-order chi connectivity index (χ0) is 18.4. The fourth-order valence-electron chi connectivity index (χ4n) is 2.71. The summed E-state index contributed by atoms with van der Waals surface area (Å²) in [5, 5.41) is 13.2. The summed E-state index contributed by atoms with van der Waals surface area (Å²) in [6.45, 7) is 0. The summed E-state index contributed by atoms with van der Waals surface area (Å²) < 4.78 is 9.31. The van der Waals surface area contributed by atoms with E-state index in [1.165, 1.54) is 26.4 Å². The van der Waals surface area contributed by atoms with Gasteiger partial charge in [0.1, 0.15) is 11.4 Å². The van der Waals surface area contributed by atoms with Gasteiger partial charge in [0, 0.05) is 5.56 Å². The minimum Gasteiger partial charge on any atom is -0.507 e. The van der Waals surface area contributed by atoms with Crippen LogP contribution in [-0.4, -0.2) is 31.3 Å². The normalized spacial score (nSPS) is 16.5. The van der Waals surface area contributed by atoms with Crippen molar-refractivity contribution in [2.75, 3.05) is 14.2 Å². The van der Waals surface area contributed by atoms with Gasteiger partial charge < -0.3 is 14.6 Å². The van der Waals surface area contributed by atoms with Crippen molar-refractivity contribution in [2.24, 2.45) is 11.1 Å². The number of carbonyl (C=O) groups excluding carboxylic acids is 2. The SMILES string of the molecule is COC(=O)Cc1ccc(O)c(C2=C(N=O)C=CC(CC(=O)OC)C2)c1. The van der Waals surface area contributed by atoms with Crippen molar-refractivity contribution >= 4 is 17.5 Å². The maximum atomic E-state index is 11.5. The molecule has 0 bridgehead atoms. The molecule has 0 amide bonds. The van der Waals surface area contributed by atoms with Crippen molar-refractivity contribution in [2.45, 2.75) is 19.3 Å². The van der Waals surface area contributed by atoms with Crippen molar-refractivity contribution in [3.05, 3.63) is 52.1 Å². The van der Waals surface area contributed by atoms with Gasteiger partial charge in [-0.05, 0) is 46.9 Å². The van der Waals surface area contributed by atoms with Gasteiger partial charge in [0.25, 0.3) is 0 Å². The Morgan fingerprint density at radius 1 is 1.24 bits per heavy atom. The molecular weight excluding hydrogens is 326 g/mol. The van der Waals surface area contributed by atoms with Gasteiger partial charge in [0.15, 0.2) is 0 Å². The molecule has 0 fully saturated rings. The number of phenolic OH excluding ortho intramolecular Hbond substituents is 1. The number of nitrogens with zero attached hydrogens (tertiary/aromatic N) is 1. The van der Waals surface area contributed by atoms with Gasteiger partial charge in [-0.3, -0.25) is 9.59 Å². The molecule has 1 atom stereocenters. The van der Waals surface area contributed by atoms with E-state index in [1.54, 1.807) is 18.2 Å². The minimum atomic E-state index is -0.411. The smallest absolute Gasteiger partial charge is 0.309 e. The summed E-state index contributed by atoms with van der Waals surface area (Å²) in [5.41, 5.74) is 1.76. The van der Waals surface area contributed by atoms with Gasteiger partial charge in [-0.25, -0.2) is 0 Å². The van der Waals surface area contributed by atoms with Crippen molar-refractivity contribution in [3.8, 4) is 5.75 Å². The molecule has 0 heterocycles. The lowest BCUT2D eigenvalue weighted by Gasteiger charge is -2.20. The van der Waals surface area contributed by atoms with Crippen LogP contribution in [0.15, 0.2) is 41.2 Å². The fourth-order valence-corrected chi connectivity index (χ4v) is 2.71. The first-order valence-corrected chi connectivity index (χ1v) is 7.69. The quantitative estimate of drug-likeness (QED) is 0.628. The van der Waals surface area contributed by atoms with Gasteiger partial charge >= 0.3 is 11.9 Å². The first-order valence-electron chi connectivity index (χ1n) is 7.69. The van der Waals surface area contributed by atoms with E-state index in [0.717, 1.165) is 0 Å². The van der Waals surface area contributed by atoms with Crippen molar-refractivity contribution in [1.82, 2.24) is 0 Å². The number of esters is 2. The molecule has 2 rings (SSSR count). The van der Waals surface area contributed by atoms with Crippen LogP contribution in [0.3, 0.4) is 0 Å².